The highest BCUT2D eigenvalue weighted by molar-refractivity contribution is 7.89. The largest absolute Gasteiger partial charge is 0.256 e. The van der Waals surface area contributed by atoms with Gasteiger partial charge < -0.3 is 0 Å². The molecular weight excluding hydrogens is 366 g/mol. The predicted molar refractivity (Wildman–Crippen MR) is 95.6 cm³/mol. The van der Waals surface area contributed by atoms with Gasteiger partial charge in [-0.2, -0.15) is 11.3 Å². The second kappa shape index (κ2) is 6.98. The summed E-state index contributed by atoms with van der Waals surface area (Å²) in [4.78, 5) is 8.68. The molecule has 2 aromatic heterocycles. The van der Waals surface area contributed by atoms with Gasteiger partial charge in [-0.15, -0.1) is 0 Å². The molecule has 5 nitrogen and oxygen atoms in total. The highest BCUT2D eigenvalue weighted by atomic mass is 35.5. The van der Waals surface area contributed by atoms with Crippen molar-refractivity contribution >= 4 is 33.0 Å². The van der Waals surface area contributed by atoms with Gasteiger partial charge in [-0.25, -0.2) is 13.1 Å². The van der Waals surface area contributed by atoms with Crippen LogP contribution >= 0.6 is 22.9 Å². The quantitative estimate of drug-likeness (QED) is 0.734. The average Bonchev–Trinajstić information content (AvgIpc) is 3.10. The number of aryl methyl sites for hydroxylation is 1. The topological polar surface area (TPSA) is 72.0 Å². The van der Waals surface area contributed by atoms with Crippen LogP contribution in [0.15, 0.2) is 52.3 Å². The Morgan fingerprint density at radius 3 is 2.71 bits per heavy atom. The van der Waals surface area contributed by atoms with Crippen LogP contribution in [-0.2, 0) is 16.6 Å². The number of nitrogens with zero attached hydrogens (tertiary/aromatic N) is 2. The Balaban J connectivity index is 1.84. The maximum absolute atomic E-state index is 12.5. The van der Waals surface area contributed by atoms with Gasteiger partial charge in [0.15, 0.2) is 0 Å². The fourth-order valence-corrected chi connectivity index (χ4v) is 4.02. The number of benzene rings is 1. The Kier molecular flexibility index (Phi) is 4.96. The number of hydrogen-bond acceptors (Lipinski definition) is 5. The van der Waals surface area contributed by atoms with Gasteiger partial charge in [0, 0.05) is 28.4 Å². The van der Waals surface area contributed by atoms with E-state index in [0.717, 1.165) is 11.1 Å². The van der Waals surface area contributed by atoms with E-state index in [1.165, 1.54) is 12.1 Å². The van der Waals surface area contributed by atoms with Crippen LogP contribution in [0, 0.1) is 6.92 Å². The Morgan fingerprint density at radius 1 is 1.21 bits per heavy atom. The highest BCUT2D eigenvalue weighted by Gasteiger charge is 2.17. The van der Waals surface area contributed by atoms with Crippen LogP contribution in [0.4, 0.5) is 0 Å². The third-order valence-electron chi connectivity index (χ3n) is 3.45. The van der Waals surface area contributed by atoms with Gasteiger partial charge in [0.2, 0.25) is 10.0 Å². The zero-order chi connectivity index (χ0) is 17.2. The summed E-state index contributed by atoms with van der Waals surface area (Å²) in [5.74, 6) is 0. The van der Waals surface area contributed by atoms with Crippen molar-refractivity contribution in [2.45, 2.75) is 18.4 Å². The molecule has 124 valence electrons. The van der Waals surface area contributed by atoms with Crippen molar-refractivity contribution < 1.29 is 8.42 Å². The van der Waals surface area contributed by atoms with Crippen LogP contribution in [-0.4, -0.2) is 18.4 Å². The summed E-state index contributed by atoms with van der Waals surface area (Å²) in [6.07, 6.45) is 3.13. The molecule has 3 rings (SSSR count). The van der Waals surface area contributed by atoms with Gasteiger partial charge in [0.05, 0.1) is 22.8 Å². The summed E-state index contributed by atoms with van der Waals surface area (Å²) in [7, 11) is -3.68. The van der Waals surface area contributed by atoms with E-state index in [2.05, 4.69) is 14.7 Å². The number of nitrogens with one attached hydrogen (secondary N) is 1. The normalized spacial score (nSPS) is 11.6. The molecule has 3 aromatic rings. The van der Waals surface area contributed by atoms with Gasteiger partial charge >= 0.3 is 0 Å². The molecule has 0 aliphatic rings. The first-order valence-corrected chi connectivity index (χ1v) is 9.86. The molecule has 24 heavy (non-hydrogen) atoms. The molecule has 1 aromatic carbocycles. The Labute approximate surface area is 149 Å². The summed E-state index contributed by atoms with van der Waals surface area (Å²) >= 11 is 7.56. The van der Waals surface area contributed by atoms with Crippen molar-refractivity contribution in [1.29, 1.82) is 0 Å². The maximum Gasteiger partial charge on any atom is 0.240 e. The molecule has 0 fully saturated rings. The van der Waals surface area contributed by atoms with E-state index in [1.807, 2.05) is 23.8 Å². The van der Waals surface area contributed by atoms with Gasteiger partial charge in [0.25, 0.3) is 0 Å². The number of rotatable bonds is 5. The molecule has 8 heteroatoms. The van der Waals surface area contributed by atoms with Crippen molar-refractivity contribution in [2.75, 3.05) is 0 Å². The lowest BCUT2D eigenvalue weighted by Gasteiger charge is -2.09. The Morgan fingerprint density at radius 2 is 2.00 bits per heavy atom. The van der Waals surface area contributed by atoms with Gasteiger partial charge in [-0.1, -0.05) is 17.7 Å². The fraction of sp³-hybridized carbons (Fsp3) is 0.125. The van der Waals surface area contributed by atoms with Crippen molar-refractivity contribution in [3.63, 3.8) is 0 Å². The van der Waals surface area contributed by atoms with E-state index in [4.69, 9.17) is 11.6 Å². The lowest BCUT2D eigenvalue weighted by Crippen LogP contribution is -2.24. The van der Waals surface area contributed by atoms with E-state index >= 15 is 0 Å². The number of thiophene rings is 1. The molecule has 0 spiro atoms. The summed E-state index contributed by atoms with van der Waals surface area (Å²) < 4.78 is 27.5. The van der Waals surface area contributed by atoms with E-state index in [9.17, 15) is 8.42 Å². The molecule has 0 unspecified atom stereocenters. The first kappa shape index (κ1) is 17.0. The summed E-state index contributed by atoms with van der Waals surface area (Å²) in [5, 5.41) is 4.30. The van der Waals surface area contributed by atoms with E-state index < -0.39 is 10.0 Å². The number of sulfonamides is 1. The van der Waals surface area contributed by atoms with Crippen LogP contribution in [0.3, 0.4) is 0 Å². The predicted octanol–water partition coefficient (Wildman–Crippen LogP) is 3.65. The smallest absolute Gasteiger partial charge is 0.240 e. The molecule has 0 saturated carbocycles. The van der Waals surface area contributed by atoms with Gasteiger partial charge in [-0.05, 0) is 36.1 Å². The number of halogens is 1. The van der Waals surface area contributed by atoms with Gasteiger partial charge in [-0.3, -0.25) is 9.97 Å². The Hall–Kier alpha value is -1.80. The third kappa shape index (κ3) is 3.64. The van der Waals surface area contributed by atoms with Crippen LogP contribution in [0.1, 0.15) is 11.3 Å². The summed E-state index contributed by atoms with van der Waals surface area (Å²) in [5.41, 5.74) is 2.98. The third-order valence-corrected chi connectivity index (χ3v) is 5.94. The first-order chi connectivity index (χ1) is 11.5. The van der Waals surface area contributed by atoms with Crippen molar-refractivity contribution in [3.05, 3.63) is 63.7 Å². The van der Waals surface area contributed by atoms with Crippen molar-refractivity contribution in [1.82, 2.24) is 14.7 Å². The van der Waals surface area contributed by atoms with E-state index in [0.29, 0.717) is 16.4 Å². The van der Waals surface area contributed by atoms with Crippen molar-refractivity contribution in [3.8, 4) is 11.3 Å². The van der Waals surface area contributed by atoms with Crippen LogP contribution in [0.2, 0.25) is 5.02 Å². The summed E-state index contributed by atoms with van der Waals surface area (Å²) in [6, 6.07) is 6.57. The SMILES string of the molecule is Cc1ccc(S(=O)(=O)NCc2nccnc2-c2ccsc2)cc1Cl. The molecule has 0 saturated heterocycles. The lowest BCUT2D eigenvalue weighted by molar-refractivity contribution is 0.580. The summed E-state index contributed by atoms with van der Waals surface area (Å²) in [6.45, 7) is 1.87. The minimum atomic E-state index is -3.68. The minimum Gasteiger partial charge on any atom is -0.256 e. The van der Waals surface area contributed by atoms with E-state index in [1.54, 1.807) is 29.8 Å². The molecule has 0 aliphatic heterocycles. The maximum atomic E-state index is 12.5. The van der Waals surface area contributed by atoms with Crippen molar-refractivity contribution in [2.24, 2.45) is 0 Å². The second-order valence-electron chi connectivity index (χ2n) is 5.10. The zero-order valence-electron chi connectivity index (χ0n) is 12.7. The molecule has 2 heterocycles. The average molecular weight is 380 g/mol. The molecule has 0 bridgehead atoms. The molecule has 0 radical (unpaired) electrons. The molecule has 0 aliphatic carbocycles. The number of hydrogen-bond donors (Lipinski definition) is 1. The van der Waals surface area contributed by atoms with Crippen LogP contribution in [0.25, 0.3) is 11.3 Å². The van der Waals surface area contributed by atoms with Crippen LogP contribution in [0.5, 0.6) is 0 Å². The molecule has 0 amide bonds. The minimum absolute atomic E-state index is 0.0485. The lowest BCUT2D eigenvalue weighted by atomic mass is 10.2. The zero-order valence-corrected chi connectivity index (χ0v) is 15.1. The number of aromatic nitrogens is 2. The van der Waals surface area contributed by atoms with Crippen LogP contribution < -0.4 is 4.72 Å². The molecule has 1 N–H and O–H groups in total. The van der Waals surface area contributed by atoms with Gasteiger partial charge in [0.1, 0.15) is 0 Å². The highest BCUT2D eigenvalue weighted by Crippen LogP contribution is 2.23. The molecule has 0 atom stereocenters. The first-order valence-electron chi connectivity index (χ1n) is 7.05. The molecular formula is C16H14ClN3O2S2. The Bertz CT molecular complexity index is 957. The fourth-order valence-electron chi connectivity index (χ4n) is 2.12. The monoisotopic (exact) mass is 379 g/mol. The second-order valence-corrected chi connectivity index (χ2v) is 8.05. The van der Waals surface area contributed by atoms with E-state index in [-0.39, 0.29) is 11.4 Å². The standard InChI is InChI=1S/C16H14ClN3O2S2/c1-11-2-3-13(8-14(11)17)24(21,22)20-9-15-16(19-6-5-18-15)12-4-7-23-10-12/h2-8,10,20H,9H2,1H3.